The van der Waals surface area contributed by atoms with Gasteiger partial charge in [0, 0.05) is 13.1 Å². The van der Waals surface area contributed by atoms with Gasteiger partial charge in [-0.25, -0.2) is 0 Å². The molecule has 0 aliphatic carbocycles. The average Bonchev–Trinajstić information content (AvgIpc) is 2.59. The normalized spacial score (nSPS) is 15.3. The first kappa shape index (κ1) is 18.1. The molecule has 130 valence electrons. The van der Waals surface area contributed by atoms with Crippen molar-refractivity contribution >= 4 is 11.4 Å². The largest absolute Gasteiger partial charge is 0.397 e. The first-order valence-electron chi connectivity index (χ1n) is 9.60. The van der Waals surface area contributed by atoms with E-state index in [1.54, 1.807) is 0 Å². The van der Waals surface area contributed by atoms with E-state index in [1.165, 1.54) is 62.9 Å². The van der Waals surface area contributed by atoms with Gasteiger partial charge in [-0.2, -0.15) is 0 Å². The minimum absolute atomic E-state index is 0.961. The smallest absolute Gasteiger partial charge is 0.0600 e. The molecular weight excluding hydrogens is 282 g/mol. The van der Waals surface area contributed by atoms with Crippen molar-refractivity contribution in [2.75, 3.05) is 43.4 Å². The third-order valence-corrected chi connectivity index (χ3v) is 5.00. The lowest BCUT2D eigenvalue weighted by molar-refractivity contribution is 0.280. The van der Waals surface area contributed by atoms with E-state index in [1.807, 2.05) is 0 Å². The van der Waals surface area contributed by atoms with Crippen LogP contribution in [0.3, 0.4) is 0 Å². The third-order valence-electron chi connectivity index (χ3n) is 5.00. The van der Waals surface area contributed by atoms with Gasteiger partial charge < -0.3 is 15.5 Å². The molecule has 23 heavy (non-hydrogen) atoms. The van der Waals surface area contributed by atoms with Gasteiger partial charge in [-0.15, -0.1) is 0 Å². The molecule has 1 saturated heterocycles. The second-order valence-electron chi connectivity index (χ2n) is 6.83. The maximum absolute atomic E-state index is 6.32. The number of nitrogens with zero attached hydrogens (tertiary/aromatic N) is 2. The fourth-order valence-electron chi connectivity index (χ4n) is 3.50. The van der Waals surface area contributed by atoms with E-state index < -0.39 is 0 Å². The number of anilines is 2. The van der Waals surface area contributed by atoms with Crippen LogP contribution in [-0.4, -0.2) is 37.6 Å². The van der Waals surface area contributed by atoms with Crippen molar-refractivity contribution in [1.82, 2.24) is 4.90 Å². The zero-order valence-corrected chi connectivity index (χ0v) is 15.2. The summed E-state index contributed by atoms with van der Waals surface area (Å²) in [6, 6.07) is 6.72. The number of nitrogens with two attached hydrogens (primary N) is 1. The highest BCUT2D eigenvalue weighted by molar-refractivity contribution is 5.68. The molecule has 2 N–H and O–H groups in total. The van der Waals surface area contributed by atoms with Crippen molar-refractivity contribution in [2.24, 2.45) is 0 Å². The first-order valence-corrected chi connectivity index (χ1v) is 9.60. The summed E-state index contributed by atoms with van der Waals surface area (Å²) in [7, 11) is 0. The summed E-state index contributed by atoms with van der Waals surface area (Å²) in [6.07, 6.45) is 8.90. The Labute approximate surface area is 142 Å². The maximum atomic E-state index is 6.32. The molecule has 1 aromatic rings. The molecule has 1 aromatic carbocycles. The summed E-state index contributed by atoms with van der Waals surface area (Å²) in [5.74, 6) is 0. The molecule has 1 aliphatic rings. The highest BCUT2D eigenvalue weighted by Crippen LogP contribution is 2.27. The minimum Gasteiger partial charge on any atom is -0.397 e. The van der Waals surface area contributed by atoms with Crippen molar-refractivity contribution < 1.29 is 0 Å². The number of rotatable bonds is 9. The zero-order valence-electron chi connectivity index (χ0n) is 15.2. The molecule has 0 saturated carbocycles. The molecular formula is C20H35N3. The van der Waals surface area contributed by atoms with Gasteiger partial charge in [0.05, 0.1) is 11.4 Å². The fourth-order valence-corrected chi connectivity index (χ4v) is 3.50. The first-order chi connectivity index (χ1) is 11.2. The van der Waals surface area contributed by atoms with E-state index in [9.17, 15) is 0 Å². The van der Waals surface area contributed by atoms with Crippen molar-refractivity contribution in [1.29, 1.82) is 0 Å². The van der Waals surface area contributed by atoms with E-state index in [2.05, 4.69) is 41.8 Å². The highest BCUT2D eigenvalue weighted by atomic mass is 15.1. The Morgan fingerprint density at radius 3 is 2.43 bits per heavy atom. The van der Waals surface area contributed by atoms with Gasteiger partial charge in [-0.1, -0.05) is 26.3 Å². The predicted octanol–water partition coefficient (Wildman–Crippen LogP) is 4.31. The van der Waals surface area contributed by atoms with Gasteiger partial charge >= 0.3 is 0 Å². The molecule has 1 heterocycles. The third kappa shape index (κ3) is 5.72. The maximum Gasteiger partial charge on any atom is 0.0600 e. The number of hydrogen-bond donors (Lipinski definition) is 1. The van der Waals surface area contributed by atoms with E-state index in [0.29, 0.717) is 0 Å². The zero-order chi connectivity index (χ0) is 16.5. The Kier molecular flexibility index (Phi) is 7.73. The lowest BCUT2D eigenvalue weighted by Gasteiger charge is -2.30. The summed E-state index contributed by atoms with van der Waals surface area (Å²) in [4.78, 5) is 5.02. The van der Waals surface area contributed by atoms with Crippen molar-refractivity contribution in [3.05, 3.63) is 23.8 Å². The van der Waals surface area contributed by atoms with Crippen molar-refractivity contribution in [3.8, 4) is 0 Å². The topological polar surface area (TPSA) is 32.5 Å². The van der Waals surface area contributed by atoms with Crippen LogP contribution in [0.1, 0.15) is 57.9 Å². The van der Waals surface area contributed by atoms with Crippen LogP contribution in [0.2, 0.25) is 0 Å². The van der Waals surface area contributed by atoms with Crippen LogP contribution in [0.5, 0.6) is 0 Å². The molecule has 0 aromatic heterocycles. The molecule has 0 radical (unpaired) electrons. The summed E-state index contributed by atoms with van der Waals surface area (Å²) >= 11 is 0. The van der Waals surface area contributed by atoms with Gasteiger partial charge in [-0.3, -0.25) is 0 Å². The monoisotopic (exact) mass is 317 g/mol. The quantitative estimate of drug-likeness (QED) is 0.689. The summed E-state index contributed by atoms with van der Waals surface area (Å²) in [5, 5.41) is 0. The molecule has 0 unspecified atom stereocenters. The predicted molar refractivity (Wildman–Crippen MR) is 102 cm³/mol. The van der Waals surface area contributed by atoms with E-state index in [0.717, 1.165) is 31.7 Å². The van der Waals surface area contributed by atoms with E-state index in [-0.39, 0.29) is 0 Å². The molecule has 1 aliphatic heterocycles. The number of unbranched alkanes of at least 4 members (excludes halogenated alkanes) is 1. The summed E-state index contributed by atoms with van der Waals surface area (Å²) in [6.45, 7) is 10.4. The molecule has 3 heteroatoms. The highest BCUT2D eigenvalue weighted by Gasteiger charge is 2.13. The number of nitrogen functional groups attached to an aromatic ring is 1. The second-order valence-corrected chi connectivity index (χ2v) is 6.83. The Bertz CT molecular complexity index is 452. The van der Waals surface area contributed by atoms with Crippen LogP contribution in [0.15, 0.2) is 18.2 Å². The van der Waals surface area contributed by atoms with Crippen LogP contribution in [-0.2, 0) is 6.42 Å². The summed E-state index contributed by atoms with van der Waals surface area (Å²) < 4.78 is 0. The van der Waals surface area contributed by atoms with Gasteiger partial charge in [0.1, 0.15) is 0 Å². The van der Waals surface area contributed by atoms with Gasteiger partial charge in [0.15, 0.2) is 0 Å². The van der Waals surface area contributed by atoms with Crippen LogP contribution in [0.4, 0.5) is 11.4 Å². The molecule has 1 fully saturated rings. The Morgan fingerprint density at radius 1 is 1.04 bits per heavy atom. The Morgan fingerprint density at radius 2 is 1.78 bits per heavy atom. The Balaban J connectivity index is 1.82. The van der Waals surface area contributed by atoms with Crippen LogP contribution < -0.4 is 10.6 Å². The van der Waals surface area contributed by atoms with Gasteiger partial charge in [0.25, 0.3) is 0 Å². The lowest BCUT2D eigenvalue weighted by atomic mass is 10.1. The molecule has 3 nitrogen and oxygen atoms in total. The summed E-state index contributed by atoms with van der Waals surface area (Å²) in [5.41, 5.74) is 9.91. The van der Waals surface area contributed by atoms with Crippen molar-refractivity contribution in [2.45, 2.75) is 58.8 Å². The second kappa shape index (κ2) is 9.82. The molecule has 0 spiro atoms. The molecule has 2 rings (SSSR count). The van der Waals surface area contributed by atoms with Crippen molar-refractivity contribution in [3.63, 3.8) is 0 Å². The van der Waals surface area contributed by atoms with Gasteiger partial charge in [0.2, 0.25) is 0 Å². The Hall–Kier alpha value is -1.22. The SMILES string of the molecule is CCCCN(CC)CCCc1ccc(N2CCCCC2)c(N)c1. The van der Waals surface area contributed by atoms with Crippen LogP contribution >= 0.6 is 0 Å². The van der Waals surface area contributed by atoms with E-state index in [4.69, 9.17) is 5.73 Å². The average molecular weight is 318 g/mol. The number of piperidine rings is 1. The fraction of sp³-hybridized carbons (Fsp3) is 0.700. The minimum atomic E-state index is 0.961. The number of hydrogen-bond acceptors (Lipinski definition) is 3. The van der Waals surface area contributed by atoms with Crippen LogP contribution in [0, 0.1) is 0 Å². The lowest BCUT2D eigenvalue weighted by Crippen LogP contribution is -2.30. The van der Waals surface area contributed by atoms with Crippen LogP contribution in [0.25, 0.3) is 0 Å². The van der Waals surface area contributed by atoms with Gasteiger partial charge in [-0.05, 0) is 75.9 Å². The molecule has 0 atom stereocenters. The molecule has 0 bridgehead atoms. The standard InChI is InChI=1S/C20H35N3/c1-3-5-13-22(4-2)14-9-10-18-11-12-20(19(21)17-18)23-15-7-6-8-16-23/h11-12,17H,3-10,13-16,21H2,1-2H3. The number of aryl methyl sites for hydroxylation is 1. The molecule has 0 amide bonds. The number of benzene rings is 1. The van der Waals surface area contributed by atoms with E-state index >= 15 is 0 Å².